The van der Waals surface area contributed by atoms with Crippen LogP contribution in [0.15, 0.2) is 23.1 Å². The van der Waals surface area contributed by atoms with E-state index in [9.17, 15) is 4.79 Å². The Morgan fingerprint density at radius 1 is 1.53 bits per heavy atom. The molecule has 1 aromatic rings. The summed E-state index contributed by atoms with van der Waals surface area (Å²) < 4.78 is 0. The molecule has 0 radical (unpaired) electrons. The molecule has 0 aliphatic rings. The molecule has 0 bridgehead atoms. The van der Waals surface area contributed by atoms with Gasteiger partial charge in [0.05, 0.1) is 0 Å². The Kier molecular flexibility index (Phi) is 5.72. The molecule has 1 nitrogen and oxygen atoms in total. The van der Waals surface area contributed by atoms with Gasteiger partial charge in [-0.2, -0.15) is 0 Å². The smallest absolute Gasteiger partial charge is 0.164 e. The second-order valence-electron chi connectivity index (χ2n) is 3.02. The van der Waals surface area contributed by atoms with E-state index in [0.717, 1.165) is 11.1 Å². The Morgan fingerprint density at radius 3 is 2.80 bits per heavy atom. The van der Waals surface area contributed by atoms with Gasteiger partial charge >= 0.3 is 0 Å². The average Bonchev–Trinajstić information content (AvgIpc) is 2.28. The van der Waals surface area contributed by atoms with Gasteiger partial charge in [-0.1, -0.05) is 15.9 Å². The van der Waals surface area contributed by atoms with Gasteiger partial charge in [-0.05, 0) is 30.0 Å². The molecule has 0 aliphatic heterocycles. The normalized spacial score (nSPS) is 10.3. The van der Waals surface area contributed by atoms with Crippen LogP contribution in [0.1, 0.15) is 22.3 Å². The van der Waals surface area contributed by atoms with Crippen molar-refractivity contribution in [2.24, 2.45) is 0 Å². The van der Waals surface area contributed by atoms with Crippen LogP contribution in [0, 0.1) is 0 Å². The van der Waals surface area contributed by atoms with E-state index in [-0.39, 0.29) is 5.78 Å². The third-order valence-corrected chi connectivity index (χ3v) is 3.60. The van der Waals surface area contributed by atoms with E-state index in [4.69, 9.17) is 11.6 Å². The lowest BCUT2D eigenvalue weighted by molar-refractivity contribution is 0.0988. The highest BCUT2D eigenvalue weighted by molar-refractivity contribution is 9.08. The lowest BCUT2D eigenvalue weighted by Gasteiger charge is -2.07. The van der Waals surface area contributed by atoms with E-state index in [2.05, 4.69) is 15.9 Å². The first-order valence-corrected chi connectivity index (χ1v) is 7.43. The Labute approximate surface area is 108 Å². The maximum atomic E-state index is 11.7. The summed E-state index contributed by atoms with van der Waals surface area (Å²) in [5.41, 5.74) is 1.82. The van der Waals surface area contributed by atoms with E-state index in [1.165, 1.54) is 4.90 Å². The van der Waals surface area contributed by atoms with Crippen LogP contribution in [-0.2, 0) is 5.33 Å². The number of hydrogen-bond donors (Lipinski definition) is 0. The van der Waals surface area contributed by atoms with Crippen LogP contribution in [0.5, 0.6) is 0 Å². The summed E-state index contributed by atoms with van der Waals surface area (Å²) in [7, 11) is 0. The van der Waals surface area contributed by atoms with Crippen molar-refractivity contribution in [3.05, 3.63) is 29.3 Å². The van der Waals surface area contributed by atoms with Crippen LogP contribution < -0.4 is 0 Å². The first kappa shape index (κ1) is 13.1. The molecule has 0 unspecified atom stereocenters. The van der Waals surface area contributed by atoms with Gasteiger partial charge < -0.3 is 0 Å². The number of alkyl halides is 2. The lowest BCUT2D eigenvalue weighted by atomic mass is 10.0. The molecule has 82 valence electrons. The molecule has 1 aromatic carbocycles. The fraction of sp³-hybridized carbons (Fsp3) is 0.364. The van der Waals surface area contributed by atoms with E-state index in [1.54, 1.807) is 11.8 Å². The van der Waals surface area contributed by atoms with E-state index in [0.29, 0.717) is 17.6 Å². The van der Waals surface area contributed by atoms with Crippen LogP contribution in [0.2, 0.25) is 0 Å². The van der Waals surface area contributed by atoms with Crippen molar-refractivity contribution in [3.8, 4) is 0 Å². The highest BCUT2D eigenvalue weighted by Crippen LogP contribution is 2.22. The monoisotopic (exact) mass is 306 g/mol. The molecule has 15 heavy (non-hydrogen) atoms. The minimum Gasteiger partial charge on any atom is -0.294 e. The van der Waals surface area contributed by atoms with Gasteiger partial charge in [-0.15, -0.1) is 23.4 Å². The van der Waals surface area contributed by atoms with E-state index >= 15 is 0 Å². The average molecular weight is 308 g/mol. The summed E-state index contributed by atoms with van der Waals surface area (Å²) in [6.45, 7) is 0. The maximum Gasteiger partial charge on any atom is 0.164 e. The molecule has 0 aromatic heterocycles. The predicted octanol–water partition coefficient (Wildman–Crippen LogP) is 4.12. The Morgan fingerprint density at radius 2 is 2.27 bits per heavy atom. The second-order valence-corrected chi connectivity index (χ2v) is 4.84. The zero-order valence-corrected chi connectivity index (χ0v) is 11.6. The third kappa shape index (κ3) is 3.51. The summed E-state index contributed by atoms with van der Waals surface area (Å²) in [5, 5.41) is 0.699. The third-order valence-electron chi connectivity index (χ3n) is 2.08. The zero-order chi connectivity index (χ0) is 11.3. The van der Waals surface area contributed by atoms with Crippen LogP contribution in [0.25, 0.3) is 0 Å². The molecule has 0 amide bonds. The number of halogens is 2. The van der Waals surface area contributed by atoms with Gasteiger partial charge in [0.2, 0.25) is 0 Å². The molecule has 0 atom stereocenters. The van der Waals surface area contributed by atoms with Gasteiger partial charge in [-0.25, -0.2) is 0 Å². The van der Waals surface area contributed by atoms with Gasteiger partial charge in [0, 0.05) is 28.1 Å². The molecule has 0 N–H and O–H groups in total. The number of benzene rings is 1. The molecule has 0 aliphatic carbocycles. The number of rotatable bonds is 5. The summed E-state index contributed by atoms with van der Waals surface area (Å²) in [6, 6.07) is 5.90. The van der Waals surface area contributed by atoms with Gasteiger partial charge in [-0.3, -0.25) is 4.79 Å². The molecule has 0 spiro atoms. The number of Topliss-reactive ketones (excluding diaryl/α,β-unsaturated/α-hetero) is 1. The molecule has 0 saturated carbocycles. The van der Waals surface area contributed by atoms with Crippen molar-refractivity contribution in [2.75, 3.05) is 12.1 Å². The molecular formula is C11H12BrClOS. The minimum absolute atomic E-state index is 0.118. The SMILES string of the molecule is CSc1ccc(C(=O)CCCl)c(CBr)c1. The standard InChI is InChI=1S/C11H12BrClOS/c1-15-9-2-3-10(8(6-9)7-12)11(14)4-5-13/h2-3,6H,4-5,7H2,1H3. The molecule has 0 saturated heterocycles. The Balaban J connectivity index is 3.02. The molecule has 0 heterocycles. The topological polar surface area (TPSA) is 17.1 Å². The fourth-order valence-electron chi connectivity index (χ4n) is 1.30. The first-order chi connectivity index (χ1) is 7.22. The molecule has 1 rings (SSSR count). The Bertz CT molecular complexity index is 354. The number of hydrogen-bond acceptors (Lipinski definition) is 2. The fourth-order valence-corrected chi connectivity index (χ4v) is 2.40. The quantitative estimate of drug-likeness (QED) is 0.462. The lowest BCUT2D eigenvalue weighted by Crippen LogP contribution is -2.03. The minimum atomic E-state index is 0.118. The van der Waals surface area contributed by atoms with Crippen LogP contribution in [0.4, 0.5) is 0 Å². The maximum absolute atomic E-state index is 11.7. The van der Waals surface area contributed by atoms with Gasteiger partial charge in [0.25, 0.3) is 0 Å². The number of carbonyl (C=O) groups is 1. The molecular weight excluding hydrogens is 296 g/mol. The van der Waals surface area contributed by atoms with Crippen LogP contribution in [0.3, 0.4) is 0 Å². The van der Waals surface area contributed by atoms with Crippen molar-refractivity contribution >= 4 is 45.1 Å². The van der Waals surface area contributed by atoms with Crippen molar-refractivity contribution < 1.29 is 4.79 Å². The van der Waals surface area contributed by atoms with Crippen molar-refractivity contribution in [1.29, 1.82) is 0 Å². The molecule has 4 heteroatoms. The van der Waals surface area contributed by atoms with Gasteiger partial charge in [0.1, 0.15) is 0 Å². The van der Waals surface area contributed by atoms with Crippen molar-refractivity contribution in [2.45, 2.75) is 16.6 Å². The van der Waals surface area contributed by atoms with E-state index in [1.807, 2.05) is 24.5 Å². The second kappa shape index (κ2) is 6.56. The van der Waals surface area contributed by atoms with Crippen molar-refractivity contribution in [3.63, 3.8) is 0 Å². The predicted molar refractivity (Wildman–Crippen MR) is 70.5 cm³/mol. The first-order valence-electron chi connectivity index (χ1n) is 4.55. The summed E-state index contributed by atoms with van der Waals surface area (Å²) >= 11 is 10.6. The summed E-state index contributed by atoms with van der Waals surface area (Å²) in [4.78, 5) is 12.9. The van der Waals surface area contributed by atoms with E-state index < -0.39 is 0 Å². The largest absolute Gasteiger partial charge is 0.294 e. The zero-order valence-electron chi connectivity index (χ0n) is 8.43. The highest BCUT2D eigenvalue weighted by atomic mass is 79.9. The highest BCUT2D eigenvalue weighted by Gasteiger charge is 2.10. The number of carbonyl (C=O) groups excluding carboxylic acids is 1. The van der Waals surface area contributed by atoms with Crippen molar-refractivity contribution in [1.82, 2.24) is 0 Å². The number of thioether (sulfide) groups is 1. The molecule has 0 fully saturated rings. The summed E-state index contributed by atoms with van der Waals surface area (Å²) in [6.07, 6.45) is 2.42. The van der Waals surface area contributed by atoms with Crippen LogP contribution >= 0.6 is 39.3 Å². The van der Waals surface area contributed by atoms with Crippen LogP contribution in [-0.4, -0.2) is 17.9 Å². The summed E-state index contributed by atoms with van der Waals surface area (Å²) in [5.74, 6) is 0.497. The number of ketones is 1. The Hall–Kier alpha value is 0.01000. The van der Waals surface area contributed by atoms with Gasteiger partial charge in [0.15, 0.2) is 5.78 Å².